The largest absolute Gasteiger partial charge is 0.370 e. The highest BCUT2D eigenvalue weighted by atomic mass is 15.1. The highest BCUT2D eigenvalue weighted by Gasteiger charge is 2.13. The minimum atomic E-state index is 0.574. The summed E-state index contributed by atoms with van der Waals surface area (Å²) in [7, 11) is 0. The van der Waals surface area contributed by atoms with E-state index in [0.717, 1.165) is 30.4 Å². The van der Waals surface area contributed by atoms with Gasteiger partial charge in [-0.1, -0.05) is 39.5 Å². The molecule has 0 aromatic carbocycles. The summed E-state index contributed by atoms with van der Waals surface area (Å²) >= 11 is 0. The van der Waals surface area contributed by atoms with E-state index in [1.54, 1.807) is 0 Å². The Morgan fingerprint density at radius 2 is 1.76 bits per heavy atom. The van der Waals surface area contributed by atoms with Crippen LogP contribution in [-0.2, 0) is 0 Å². The summed E-state index contributed by atoms with van der Waals surface area (Å²) < 4.78 is 0. The number of rotatable bonds is 6. The van der Waals surface area contributed by atoms with E-state index in [1.807, 2.05) is 6.92 Å². The van der Waals surface area contributed by atoms with Gasteiger partial charge in [-0.3, -0.25) is 0 Å². The van der Waals surface area contributed by atoms with Gasteiger partial charge in [0.2, 0.25) is 0 Å². The first-order chi connectivity index (χ1) is 10.1. The summed E-state index contributed by atoms with van der Waals surface area (Å²) in [5.74, 6) is 3.46. The van der Waals surface area contributed by atoms with Crippen LogP contribution in [0.15, 0.2) is 6.07 Å². The van der Waals surface area contributed by atoms with Crippen molar-refractivity contribution in [1.82, 2.24) is 9.97 Å². The van der Waals surface area contributed by atoms with Gasteiger partial charge >= 0.3 is 0 Å². The zero-order valence-electron chi connectivity index (χ0n) is 13.8. The number of aromatic nitrogens is 2. The molecule has 1 aliphatic carbocycles. The number of hydrogen-bond donors (Lipinski definition) is 2. The van der Waals surface area contributed by atoms with Crippen molar-refractivity contribution in [2.24, 2.45) is 5.92 Å². The molecule has 0 unspecified atom stereocenters. The average molecular weight is 290 g/mol. The number of nitrogens with one attached hydrogen (secondary N) is 2. The Kier molecular flexibility index (Phi) is 6.27. The van der Waals surface area contributed by atoms with Gasteiger partial charge < -0.3 is 10.6 Å². The summed E-state index contributed by atoms with van der Waals surface area (Å²) in [6.07, 6.45) is 9.11. The maximum Gasteiger partial charge on any atom is 0.132 e. The van der Waals surface area contributed by atoms with Crippen LogP contribution in [0.4, 0.5) is 11.6 Å². The molecule has 21 heavy (non-hydrogen) atoms. The normalized spacial score (nSPS) is 16.8. The predicted octanol–water partition coefficient (Wildman–Crippen LogP) is 4.38. The summed E-state index contributed by atoms with van der Waals surface area (Å²) in [5.41, 5.74) is 0. The lowest BCUT2D eigenvalue weighted by Gasteiger charge is -2.18. The van der Waals surface area contributed by atoms with Gasteiger partial charge in [-0.15, -0.1) is 0 Å². The molecule has 118 valence electrons. The van der Waals surface area contributed by atoms with Gasteiger partial charge in [0.25, 0.3) is 0 Å². The summed E-state index contributed by atoms with van der Waals surface area (Å²) in [5, 5.41) is 7.03. The van der Waals surface area contributed by atoms with Crippen molar-refractivity contribution in [2.45, 2.75) is 71.8 Å². The second kappa shape index (κ2) is 8.20. The Morgan fingerprint density at radius 1 is 1.10 bits per heavy atom. The molecule has 1 aromatic rings. The minimum absolute atomic E-state index is 0.574. The average Bonchev–Trinajstić information content (AvgIpc) is 2.66. The molecule has 2 N–H and O–H groups in total. The molecule has 0 bridgehead atoms. The van der Waals surface area contributed by atoms with Crippen LogP contribution >= 0.6 is 0 Å². The number of nitrogens with zero attached hydrogens (tertiary/aromatic N) is 2. The Morgan fingerprint density at radius 3 is 2.43 bits per heavy atom. The van der Waals surface area contributed by atoms with E-state index in [-0.39, 0.29) is 0 Å². The van der Waals surface area contributed by atoms with Crippen LogP contribution in [0.1, 0.15) is 64.6 Å². The third-order valence-electron chi connectivity index (χ3n) is 4.07. The first-order valence-corrected chi connectivity index (χ1v) is 8.49. The van der Waals surface area contributed by atoms with Crippen LogP contribution in [0, 0.1) is 12.8 Å². The van der Waals surface area contributed by atoms with E-state index in [4.69, 9.17) is 0 Å². The van der Waals surface area contributed by atoms with E-state index in [0.29, 0.717) is 12.0 Å². The van der Waals surface area contributed by atoms with Crippen molar-refractivity contribution in [3.63, 3.8) is 0 Å². The SMILES string of the molecule is Cc1nc(NCCC(C)C)cc(NC2CCCCCC2)n1. The topological polar surface area (TPSA) is 49.8 Å². The molecular formula is C17H30N4. The third kappa shape index (κ3) is 5.90. The van der Waals surface area contributed by atoms with Crippen LogP contribution < -0.4 is 10.6 Å². The highest BCUT2D eigenvalue weighted by Crippen LogP contribution is 2.21. The quantitative estimate of drug-likeness (QED) is 0.763. The standard InChI is InChI=1S/C17H30N4/c1-13(2)10-11-18-16-12-17(20-14(3)19-16)21-15-8-6-4-5-7-9-15/h12-13,15H,4-11H2,1-3H3,(H2,18,19,20,21). The summed E-state index contributed by atoms with van der Waals surface area (Å²) in [4.78, 5) is 9.02. The van der Waals surface area contributed by atoms with Crippen molar-refractivity contribution in [3.05, 3.63) is 11.9 Å². The fraction of sp³-hybridized carbons (Fsp3) is 0.765. The fourth-order valence-electron chi connectivity index (χ4n) is 2.85. The molecule has 0 amide bonds. The van der Waals surface area contributed by atoms with Crippen LogP contribution in [0.3, 0.4) is 0 Å². The molecule has 0 spiro atoms. The third-order valence-corrected chi connectivity index (χ3v) is 4.07. The zero-order chi connectivity index (χ0) is 15.1. The molecule has 1 heterocycles. The van der Waals surface area contributed by atoms with Gasteiger partial charge in [0, 0.05) is 18.7 Å². The van der Waals surface area contributed by atoms with E-state index in [9.17, 15) is 0 Å². The molecule has 4 heteroatoms. The predicted molar refractivity (Wildman–Crippen MR) is 89.8 cm³/mol. The van der Waals surface area contributed by atoms with Gasteiger partial charge in [0.1, 0.15) is 17.5 Å². The van der Waals surface area contributed by atoms with E-state index >= 15 is 0 Å². The Hall–Kier alpha value is -1.32. The summed E-state index contributed by atoms with van der Waals surface area (Å²) in [6.45, 7) is 7.42. The maximum atomic E-state index is 4.54. The van der Waals surface area contributed by atoms with Gasteiger partial charge in [-0.2, -0.15) is 0 Å². The van der Waals surface area contributed by atoms with Crippen molar-refractivity contribution < 1.29 is 0 Å². The van der Waals surface area contributed by atoms with Crippen LogP contribution in [0.2, 0.25) is 0 Å². The smallest absolute Gasteiger partial charge is 0.132 e. The Bertz CT molecular complexity index is 423. The second-order valence-corrected chi connectivity index (χ2v) is 6.63. The lowest BCUT2D eigenvalue weighted by atomic mass is 10.1. The first-order valence-electron chi connectivity index (χ1n) is 8.49. The van der Waals surface area contributed by atoms with Crippen LogP contribution in [0.25, 0.3) is 0 Å². The lowest BCUT2D eigenvalue weighted by Crippen LogP contribution is -2.19. The zero-order valence-corrected chi connectivity index (χ0v) is 13.8. The molecule has 0 aliphatic heterocycles. The fourth-order valence-corrected chi connectivity index (χ4v) is 2.85. The number of aryl methyl sites for hydroxylation is 1. The monoisotopic (exact) mass is 290 g/mol. The van der Waals surface area contributed by atoms with Crippen molar-refractivity contribution in [3.8, 4) is 0 Å². The molecule has 0 saturated heterocycles. The molecular weight excluding hydrogens is 260 g/mol. The van der Waals surface area contributed by atoms with Gasteiger partial charge in [-0.05, 0) is 32.1 Å². The van der Waals surface area contributed by atoms with E-state index in [1.165, 1.54) is 38.5 Å². The van der Waals surface area contributed by atoms with E-state index < -0.39 is 0 Å². The molecule has 1 saturated carbocycles. The number of anilines is 2. The Balaban J connectivity index is 1.93. The Labute approximate surface area is 129 Å². The lowest BCUT2D eigenvalue weighted by molar-refractivity contribution is 0.606. The van der Waals surface area contributed by atoms with Gasteiger partial charge in [0.05, 0.1) is 0 Å². The van der Waals surface area contributed by atoms with E-state index in [2.05, 4.69) is 40.5 Å². The highest BCUT2D eigenvalue weighted by molar-refractivity contribution is 5.48. The van der Waals surface area contributed by atoms with Crippen molar-refractivity contribution in [1.29, 1.82) is 0 Å². The number of hydrogen-bond acceptors (Lipinski definition) is 4. The summed E-state index contributed by atoms with van der Waals surface area (Å²) in [6, 6.07) is 2.63. The molecule has 0 radical (unpaired) electrons. The molecule has 1 fully saturated rings. The maximum absolute atomic E-state index is 4.54. The molecule has 1 aromatic heterocycles. The minimum Gasteiger partial charge on any atom is -0.370 e. The first kappa shape index (κ1) is 16.1. The molecule has 1 aliphatic rings. The molecule has 2 rings (SSSR count). The van der Waals surface area contributed by atoms with Gasteiger partial charge in [0.15, 0.2) is 0 Å². The molecule has 4 nitrogen and oxygen atoms in total. The van der Waals surface area contributed by atoms with Crippen molar-refractivity contribution in [2.75, 3.05) is 17.2 Å². The second-order valence-electron chi connectivity index (χ2n) is 6.63. The van der Waals surface area contributed by atoms with Gasteiger partial charge in [-0.25, -0.2) is 9.97 Å². The van der Waals surface area contributed by atoms with Crippen LogP contribution in [-0.4, -0.2) is 22.6 Å². The molecule has 0 atom stereocenters. The van der Waals surface area contributed by atoms with Crippen molar-refractivity contribution >= 4 is 11.6 Å². The van der Waals surface area contributed by atoms with Crippen LogP contribution in [0.5, 0.6) is 0 Å².